The molecule has 0 spiro atoms. The Labute approximate surface area is 151 Å². The van der Waals surface area contributed by atoms with Gasteiger partial charge in [-0.25, -0.2) is 0 Å². The zero-order chi connectivity index (χ0) is 18.1. The zero-order valence-electron chi connectivity index (χ0n) is 15.4. The third-order valence-electron chi connectivity index (χ3n) is 4.91. The summed E-state index contributed by atoms with van der Waals surface area (Å²) in [6, 6.07) is 7.62. The normalized spacial score (nSPS) is 16.2. The topological polar surface area (TPSA) is 70.2 Å². The lowest BCUT2D eigenvalue weighted by atomic mass is 9.93. The van der Waals surface area contributed by atoms with E-state index in [0.29, 0.717) is 24.4 Å². The molecule has 2 rings (SSSR count). The molecule has 1 heterocycles. The maximum Gasteiger partial charge on any atom is 0.251 e. The average molecular weight is 345 g/mol. The molecule has 1 aliphatic heterocycles. The molecular weight excluding hydrogens is 314 g/mol. The minimum absolute atomic E-state index is 0.0616. The van der Waals surface area contributed by atoms with Crippen molar-refractivity contribution in [1.29, 1.82) is 0 Å². The standard InChI is InChI=1S/C20H31N3O2/c1-3-15(2)23-20(25)18-6-4-5-17(13-18)14-22-19(24)8-7-16-9-11-21-12-10-16/h4-6,13,15-16,21H,3,7-12,14H2,1-2H3,(H,22,24)(H,23,25). The molecular formula is C20H31N3O2. The van der Waals surface area contributed by atoms with E-state index in [4.69, 9.17) is 0 Å². The monoisotopic (exact) mass is 345 g/mol. The van der Waals surface area contributed by atoms with E-state index in [9.17, 15) is 9.59 Å². The number of hydrogen-bond donors (Lipinski definition) is 3. The number of benzene rings is 1. The highest BCUT2D eigenvalue weighted by atomic mass is 16.2. The average Bonchev–Trinajstić information content (AvgIpc) is 2.65. The van der Waals surface area contributed by atoms with Crippen LogP contribution in [0.4, 0.5) is 0 Å². The molecule has 5 nitrogen and oxygen atoms in total. The fourth-order valence-corrected chi connectivity index (χ4v) is 3.03. The molecule has 1 aliphatic rings. The number of amides is 2. The summed E-state index contributed by atoms with van der Waals surface area (Å²) in [5.41, 5.74) is 1.59. The molecule has 5 heteroatoms. The van der Waals surface area contributed by atoms with Gasteiger partial charge in [-0.1, -0.05) is 19.1 Å². The van der Waals surface area contributed by atoms with Crippen LogP contribution < -0.4 is 16.0 Å². The minimum Gasteiger partial charge on any atom is -0.352 e. The number of carbonyl (C=O) groups is 2. The van der Waals surface area contributed by atoms with E-state index in [2.05, 4.69) is 16.0 Å². The number of carbonyl (C=O) groups excluding carboxylic acids is 2. The highest BCUT2D eigenvalue weighted by molar-refractivity contribution is 5.94. The SMILES string of the molecule is CCC(C)NC(=O)c1cccc(CNC(=O)CCC2CCNCC2)c1. The Morgan fingerprint density at radius 3 is 2.76 bits per heavy atom. The molecule has 1 unspecified atom stereocenters. The van der Waals surface area contributed by atoms with Crippen molar-refractivity contribution in [2.75, 3.05) is 13.1 Å². The summed E-state index contributed by atoms with van der Waals surface area (Å²) in [7, 11) is 0. The van der Waals surface area contributed by atoms with Crippen LogP contribution in [0.5, 0.6) is 0 Å². The first-order valence-electron chi connectivity index (χ1n) is 9.45. The van der Waals surface area contributed by atoms with Gasteiger partial charge in [0, 0.05) is 24.6 Å². The van der Waals surface area contributed by atoms with Crippen molar-refractivity contribution in [3.8, 4) is 0 Å². The van der Waals surface area contributed by atoms with Gasteiger partial charge in [0.15, 0.2) is 0 Å². The van der Waals surface area contributed by atoms with Crippen LogP contribution in [-0.4, -0.2) is 30.9 Å². The molecule has 0 saturated carbocycles. The summed E-state index contributed by atoms with van der Waals surface area (Å²) >= 11 is 0. The van der Waals surface area contributed by atoms with Crippen LogP contribution in [0.15, 0.2) is 24.3 Å². The van der Waals surface area contributed by atoms with Crippen molar-refractivity contribution in [1.82, 2.24) is 16.0 Å². The van der Waals surface area contributed by atoms with Gasteiger partial charge in [0.2, 0.25) is 5.91 Å². The molecule has 1 aromatic rings. The van der Waals surface area contributed by atoms with E-state index >= 15 is 0 Å². The molecule has 0 bridgehead atoms. The second-order valence-electron chi connectivity index (χ2n) is 6.99. The van der Waals surface area contributed by atoms with E-state index < -0.39 is 0 Å². The number of piperidine rings is 1. The van der Waals surface area contributed by atoms with Crippen molar-refractivity contribution in [3.05, 3.63) is 35.4 Å². The first-order valence-corrected chi connectivity index (χ1v) is 9.45. The summed E-state index contributed by atoms with van der Waals surface area (Å²) in [6.45, 7) is 6.64. The maximum absolute atomic E-state index is 12.2. The fourth-order valence-electron chi connectivity index (χ4n) is 3.03. The number of nitrogens with one attached hydrogen (secondary N) is 3. The van der Waals surface area contributed by atoms with Crippen LogP contribution in [0, 0.1) is 5.92 Å². The number of rotatable bonds is 8. The van der Waals surface area contributed by atoms with Gasteiger partial charge in [-0.2, -0.15) is 0 Å². The lowest BCUT2D eigenvalue weighted by molar-refractivity contribution is -0.121. The van der Waals surface area contributed by atoms with E-state index in [1.54, 1.807) is 6.07 Å². The van der Waals surface area contributed by atoms with Gasteiger partial charge in [-0.3, -0.25) is 9.59 Å². The molecule has 1 atom stereocenters. The van der Waals surface area contributed by atoms with E-state index in [-0.39, 0.29) is 17.9 Å². The summed E-state index contributed by atoms with van der Waals surface area (Å²) < 4.78 is 0. The zero-order valence-corrected chi connectivity index (χ0v) is 15.4. The fraction of sp³-hybridized carbons (Fsp3) is 0.600. The second kappa shape index (κ2) is 10.2. The Kier molecular flexibility index (Phi) is 7.92. The lowest BCUT2D eigenvalue weighted by Crippen LogP contribution is -2.32. The van der Waals surface area contributed by atoms with E-state index in [0.717, 1.165) is 31.5 Å². The highest BCUT2D eigenvalue weighted by Gasteiger charge is 2.14. The summed E-state index contributed by atoms with van der Waals surface area (Å²) in [4.78, 5) is 24.2. The van der Waals surface area contributed by atoms with Crippen molar-refractivity contribution >= 4 is 11.8 Å². The minimum atomic E-state index is -0.0616. The maximum atomic E-state index is 12.2. The Morgan fingerprint density at radius 1 is 1.28 bits per heavy atom. The van der Waals surface area contributed by atoms with Crippen molar-refractivity contribution in [2.24, 2.45) is 5.92 Å². The van der Waals surface area contributed by atoms with Crippen LogP contribution in [0.1, 0.15) is 61.9 Å². The third kappa shape index (κ3) is 6.86. The van der Waals surface area contributed by atoms with Crippen molar-refractivity contribution in [3.63, 3.8) is 0 Å². The van der Waals surface area contributed by atoms with Crippen LogP contribution in [0.25, 0.3) is 0 Å². The van der Waals surface area contributed by atoms with Gasteiger partial charge in [-0.05, 0) is 69.3 Å². The Balaban J connectivity index is 1.77. The Morgan fingerprint density at radius 2 is 2.04 bits per heavy atom. The number of hydrogen-bond acceptors (Lipinski definition) is 3. The summed E-state index contributed by atoms with van der Waals surface area (Å²) in [6.07, 6.45) is 4.78. The molecule has 0 aliphatic carbocycles. The first-order chi connectivity index (χ1) is 12.1. The largest absolute Gasteiger partial charge is 0.352 e. The van der Waals surface area contributed by atoms with Gasteiger partial charge >= 0.3 is 0 Å². The van der Waals surface area contributed by atoms with Crippen LogP contribution in [-0.2, 0) is 11.3 Å². The van der Waals surface area contributed by atoms with E-state index in [1.165, 1.54) is 12.8 Å². The lowest BCUT2D eigenvalue weighted by Gasteiger charge is -2.22. The van der Waals surface area contributed by atoms with Crippen LogP contribution in [0.3, 0.4) is 0 Å². The predicted molar refractivity (Wildman–Crippen MR) is 100 cm³/mol. The second-order valence-corrected chi connectivity index (χ2v) is 6.99. The molecule has 1 aromatic carbocycles. The quantitative estimate of drug-likeness (QED) is 0.678. The van der Waals surface area contributed by atoms with Gasteiger partial charge < -0.3 is 16.0 Å². The summed E-state index contributed by atoms with van der Waals surface area (Å²) in [5, 5.41) is 9.28. The Hall–Kier alpha value is -1.88. The molecule has 0 radical (unpaired) electrons. The third-order valence-corrected chi connectivity index (χ3v) is 4.91. The summed E-state index contributed by atoms with van der Waals surface area (Å²) in [5.74, 6) is 0.695. The molecule has 25 heavy (non-hydrogen) atoms. The predicted octanol–water partition coefficient (Wildman–Crippen LogP) is 2.61. The molecule has 0 aromatic heterocycles. The van der Waals surface area contributed by atoms with Crippen LogP contribution in [0.2, 0.25) is 0 Å². The van der Waals surface area contributed by atoms with Gasteiger partial charge in [0.1, 0.15) is 0 Å². The highest BCUT2D eigenvalue weighted by Crippen LogP contribution is 2.17. The smallest absolute Gasteiger partial charge is 0.251 e. The molecule has 2 amide bonds. The van der Waals surface area contributed by atoms with Gasteiger partial charge in [-0.15, -0.1) is 0 Å². The van der Waals surface area contributed by atoms with E-state index in [1.807, 2.05) is 32.0 Å². The van der Waals surface area contributed by atoms with Gasteiger partial charge in [0.25, 0.3) is 5.91 Å². The van der Waals surface area contributed by atoms with Crippen molar-refractivity contribution < 1.29 is 9.59 Å². The Bertz CT molecular complexity index is 568. The van der Waals surface area contributed by atoms with Crippen molar-refractivity contribution in [2.45, 2.75) is 58.5 Å². The molecule has 1 saturated heterocycles. The van der Waals surface area contributed by atoms with Gasteiger partial charge in [0.05, 0.1) is 0 Å². The molecule has 138 valence electrons. The van der Waals surface area contributed by atoms with Crippen LogP contribution >= 0.6 is 0 Å². The first kappa shape index (κ1) is 19.4. The molecule has 3 N–H and O–H groups in total. The molecule has 1 fully saturated rings.